The normalized spacial score (nSPS) is 16.2. The predicted octanol–water partition coefficient (Wildman–Crippen LogP) is 4.98. The number of rotatable bonds is 5. The molecule has 0 amide bonds. The van der Waals surface area contributed by atoms with E-state index < -0.39 is 11.7 Å². The summed E-state index contributed by atoms with van der Waals surface area (Å²) in [6, 6.07) is 9.40. The Morgan fingerprint density at radius 3 is 2.51 bits per heavy atom. The van der Waals surface area contributed by atoms with E-state index >= 15 is 0 Å². The number of alkyl halides is 3. The van der Waals surface area contributed by atoms with E-state index in [9.17, 15) is 18.3 Å². The molecule has 13 heteroatoms. The number of anilines is 1. The number of aromatic hydroxyl groups is 1. The second-order valence-corrected chi connectivity index (χ2v) is 11.5. The van der Waals surface area contributed by atoms with Crippen molar-refractivity contribution in [1.82, 2.24) is 19.7 Å². The number of nitrogens with zero attached hydrogens (tertiary/aromatic N) is 7. The third-order valence-electron chi connectivity index (χ3n) is 7.49. The van der Waals surface area contributed by atoms with Crippen LogP contribution in [0, 0.1) is 13.8 Å². The third-order valence-corrected chi connectivity index (χ3v) is 8.89. The Hall–Kier alpha value is -3.77. The zero-order chi connectivity index (χ0) is 28.9. The molecule has 212 valence electrons. The molecular weight excluding hydrogens is 575 g/mol. The monoisotopic (exact) mass is 599 g/mol. The Balaban J connectivity index is 1.38. The minimum atomic E-state index is -4.60. The second-order valence-electron chi connectivity index (χ2n) is 10.1. The van der Waals surface area contributed by atoms with Crippen molar-refractivity contribution in [3.05, 3.63) is 85.2 Å². The molecule has 0 unspecified atom stereocenters. The van der Waals surface area contributed by atoms with Crippen molar-refractivity contribution >= 4 is 39.9 Å². The van der Waals surface area contributed by atoms with E-state index in [0.29, 0.717) is 39.2 Å². The van der Waals surface area contributed by atoms with Gasteiger partial charge in [-0.15, -0.1) is 10.2 Å². The highest BCUT2D eigenvalue weighted by Gasteiger charge is 2.34. The largest absolute Gasteiger partial charge is 0.492 e. The molecule has 6 rings (SSSR count). The zero-order valence-electron chi connectivity index (χ0n) is 22.2. The van der Waals surface area contributed by atoms with Gasteiger partial charge in [-0.3, -0.25) is 0 Å². The first-order valence-corrected chi connectivity index (χ1v) is 14.2. The highest BCUT2D eigenvalue weighted by atomic mass is 35.5. The molecule has 1 fully saturated rings. The highest BCUT2D eigenvalue weighted by molar-refractivity contribution is 7.17. The van der Waals surface area contributed by atoms with E-state index in [1.165, 1.54) is 23.5 Å². The number of benzene rings is 2. The van der Waals surface area contributed by atoms with Gasteiger partial charge in [0.1, 0.15) is 11.6 Å². The zero-order valence-corrected chi connectivity index (χ0v) is 23.7. The lowest BCUT2D eigenvalue weighted by Crippen LogP contribution is -2.35. The first-order valence-electron chi connectivity index (χ1n) is 13.0. The van der Waals surface area contributed by atoms with Crippen molar-refractivity contribution in [2.24, 2.45) is 10.2 Å². The molecule has 8 nitrogen and oxygen atoms in total. The average molecular weight is 600 g/mol. The molecule has 2 aliphatic rings. The molecular formula is C28H25ClF3N7OS. The van der Waals surface area contributed by atoms with Gasteiger partial charge >= 0.3 is 6.18 Å². The number of aromatic nitrogens is 4. The molecule has 2 aliphatic heterocycles. The van der Waals surface area contributed by atoms with E-state index in [2.05, 4.69) is 34.9 Å². The summed E-state index contributed by atoms with van der Waals surface area (Å²) in [4.78, 5) is 6.99. The molecule has 0 bridgehead atoms. The number of thiazole rings is 1. The van der Waals surface area contributed by atoms with E-state index in [-0.39, 0.29) is 28.9 Å². The lowest BCUT2D eigenvalue weighted by atomic mass is 9.96. The molecule has 0 aliphatic carbocycles. The summed E-state index contributed by atoms with van der Waals surface area (Å²) >= 11 is 7.21. The van der Waals surface area contributed by atoms with Crippen LogP contribution in [0.15, 0.2) is 46.6 Å². The van der Waals surface area contributed by atoms with Crippen LogP contribution in [-0.4, -0.2) is 44.2 Å². The van der Waals surface area contributed by atoms with Crippen molar-refractivity contribution in [2.75, 3.05) is 18.0 Å². The summed E-state index contributed by atoms with van der Waals surface area (Å²) < 4.78 is 44.2. The first kappa shape index (κ1) is 27.4. The van der Waals surface area contributed by atoms with Crippen LogP contribution in [0.2, 0.25) is 5.02 Å². The van der Waals surface area contributed by atoms with Crippen LogP contribution >= 0.6 is 22.9 Å². The highest BCUT2D eigenvalue weighted by Crippen LogP contribution is 2.40. The SMILES string of the molecule is Cc1nnc(C)n1C1CCN(c2nc(O)c(C(Cc3ccc(Cl)cc3C(F)(F)F)=c3ccc4c(c3)C=NN=4)s2)CC1. The molecule has 2 aromatic carbocycles. The van der Waals surface area contributed by atoms with E-state index in [4.69, 9.17) is 11.6 Å². The topological polar surface area (TPSA) is 91.8 Å². The van der Waals surface area contributed by atoms with Gasteiger partial charge in [0.05, 0.1) is 22.0 Å². The van der Waals surface area contributed by atoms with E-state index in [1.54, 1.807) is 18.3 Å². The van der Waals surface area contributed by atoms with Gasteiger partial charge < -0.3 is 14.6 Å². The third kappa shape index (κ3) is 5.33. The average Bonchev–Trinajstić information content (AvgIpc) is 3.65. The minimum absolute atomic E-state index is 0.00108. The molecule has 1 N–H and O–H groups in total. The number of fused-ring (bicyclic) bond motifs is 1. The predicted molar refractivity (Wildman–Crippen MR) is 151 cm³/mol. The van der Waals surface area contributed by atoms with Crippen molar-refractivity contribution in [3.8, 4) is 5.88 Å². The molecule has 2 aromatic heterocycles. The van der Waals surface area contributed by atoms with Crippen LogP contribution in [0.5, 0.6) is 5.88 Å². The van der Waals surface area contributed by atoms with Gasteiger partial charge in [0.25, 0.3) is 0 Å². The van der Waals surface area contributed by atoms with Crippen LogP contribution in [-0.2, 0) is 12.6 Å². The summed E-state index contributed by atoms with van der Waals surface area (Å²) in [6.07, 6.45) is -1.40. The molecule has 1 saturated heterocycles. The Kier molecular flexibility index (Phi) is 7.06. The number of aryl methyl sites for hydroxylation is 2. The summed E-state index contributed by atoms with van der Waals surface area (Å²) in [5, 5.41) is 29.3. The number of halogens is 4. The maximum atomic E-state index is 14.0. The molecule has 0 radical (unpaired) electrons. The lowest BCUT2D eigenvalue weighted by Gasteiger charge is -2.33. The number of piperidine rings is 1. The Bertz CT molecular complexity index is 1770. The number of hydrogen-bond donors (Lipinski definition) is 1. The van der Waals surface area contributed by atoms with Crippen LogP contribution < -0.4 is 15.5 Å². The Morgan fingerprint density at radius 2 is 1.80 bits per heavy atom. The molecule has 4 heterocycles. The Labute approximate surface area is 242 Å². The van der Waals surface area contributed by atoms with Crippen molar-refractivity contribution in [3.63, 3.8) is 0 Å². The summed E-state index contributed by atoms with van der Waals surface area (Å²) in [5.74, 6) is 1.54. The summed E-state index contributed by atoms with van der Waals surface area (Å²) in [5.41, 5.74) is 0.502. The van der Waals surface area contributed by atoms with Crippen LogP contribution in [0.3, 0.4) is 0 Å². The smallest absolute Gasteiger partial charge is 0.416 e. The quantitative estimate of drug-likeness (QED) is 0.349. The molecule has 0 spiro atoms. The van der Waals surface area contributed by atoms with E-state index in [1.807, 2.05) is 19.9 Å². The van der Waals surface area contributed by atoms with Gasteiger partial charge in [0, 0.05) is 36.1 Å². The lowest BCUT2D eigenvalue weighted by molar-refractivity contribution is -0.138. The molecule has 0 saturated carbocycles. The fourth-order valence-corrected chi connectivity index (χ4v) is 6.76. The summed E-state index contributed by atoms with van der Waals surface area (Å²) in [6.45, 7) is 5.29. The van der Waals surface area contributed by atoms with Gasteiger partial charge in [-0.2, -0.15) is 28.4 Å². The van der Waals surface area contributed by atoms with Gasteiger partial charge in [0.2, 0.25) is 5.88 Å². The van der Waals surface area contributed by atoms with Gasteiger partial charge in [0.15, 0.2) is 5.13 Å². The second kappa shape index (κ2) is 10.6. The maximum absolute atomic E-state index is 14.0. The maximum Gasteiger partial charge on any atom is 0.416 e. The summed E-state index contributed by atoms with van der Waals surface area (Å²) in [7, 11) is 0. The molecule has 4 aromatic rings. The molecule has 0 atom stereocenters. The van der Waals surface area contributed by atoms with Gasteiger partial charge in [-0.05, 0) is 67.3 Å². The first-order chi connectivity index (χ1) is 19.6. The van der Waals surface area contributed by atoms with Gasteiger partial charge in [-0.1, -0.05) is 35.1 Å². The minimum Gasteiger partial charge on any atom is -0.492 e. The Morgan fingerprint density at radius 1 is 1.07 bits per heavy atom. The van der Waals surface area contributed by atoms with Crippen LogP contribution in [0.1, 0.15) is 52.1 Å². The van der Waals surface area contributed by atoms with Crippen LogP contribution in [0.25, 0.3) is 5.57 Å². The van der Waals surface area contributed by atoms with Crippen LogP contribution in [0.4, 0.5) is 18.3 Å². The van der Waals surface area contributed by atoms with Crippen molar-refractivity contribution in [2.45, 2.75) is 45.3 Å². The van der Waals surface area contributed by atoms with E-state index in [0.717, 1.165) is 36.1 Å². The fourth-order valence-electron chi connectivity index (χ4n) is 5.51. The fraction of sp³-hybridized carbons (Fsp3) is 0.321. The van der Waals surface area contributed by atoms with Gasteiger partial charge in [-0.25, -0.2) is 0 Å². The standard InChI is InChI=1S/C28H25ClF3N7OS/c1-15-35-36-16(2)39(15)21-7-9-38(10-8-21)27-34-26(40)25(41-27)22(17-4-6-24-19(11-17)14-33-37-24)12-18-3-5-20(29)13-23(18)28(30,31)32/h3-6,11,13-14,21,40H,7-10,12H2,1-2H3. The molecule has 41 heavy (non-hydrogen) atoms. The van der Waals surface area contributed by atoms with Crippen molar-refractivity contribution in [1.29, 1.82) is 0 Å². The number of hydrogen-bond acceptors (Lipinski definition) is 8. The van der Waals surface area contributed by atoms with Crippen molar-refractivity contribution < 1.29 is 18.3 Å².